The molecule has 1 saturated heterocycles. The number of benzene rings is 2. The van der Waals surface area contributed by atoms with E-state index in [1.807, 2.05) is 42.6 Å². The second kappa shape index (κ2) is 9.36. The standard InChI is InChI=1S/C16H14ClNO.C15H12ClNO/c17-13-6-4-12(5-7-13)16(11-19-16)15(8-9-15)14-3-1-2-10-18-14;16-12-6-4-11(5-7-12)14(18)15(8-9-15)13-3-1-2-10-17-13/h1-7,10H,8-9,11H2;1-7,10H,8-9H2. The molecule has 3 heterocycles. The summed E-state index contributed by atoms with van der Waals surface area (Å²) < 4.78 is 5.92. The summed E-state index contributed by atoms with van der Waals surface area (Å²) in [5.41, 5.74) is 3.47. The third kappa shape index (κ3) is 4.37. The van der Waals surface area contributed by atoms with Gasteiger partial charge in [0.25, 0.3) is 0 Å². The molecule has 0 bridgehead atoms. The number of halogens is 2. The lowest BCUT2D eigenvalue weighted by molar-refractivity contribution is 0.0944. The van der Waals surface area contributed by atoms with Crippen molar-refractivity contribution in [3.05, 3.63) is 130 Å². The highest BCUT2D eigenvalue weighted by Crippen LogP contribution is 2.66. The fourth-order valence-corrected chi connectivity index (χ4v) is 5.65. The number of rotatable bonds is 6. The van der Waals surface area contributed by atoms with Crippen molar-refractivity contribution in [1.82, 2.24) is 9.97 Å². The third-order valence-corrected chi connectivity index (χ3v) is 8.37. The van der Waals surface area contributed by atoms with Crippen molar-refractivity contribution < 1.29 is 9.53 Å². The normalized spacial score (nSPS) is 21.8. The summed E-state index contributed by atoms with van der Waals surface area (Å²) in [5, 5.41) is 1.41. The van der Waals surface area contributed by atoms with Crippen LogP contribution in [0.25, 0.3) is 0 Å². The number of pyridine rings is 2. The Morgan fingerprint density at radius 3 is 1.70 bits per heavy atom. The highest BCUT2D eigenvalue weighted by atomic mass is 35.5. The molecule has 2 aliphatic carbocycles. The summed E-state index contributed by atoms with van der Waals surface area (Å²) in [6.07, 6.45) is 7.66. The summed E-state index contributed by atoms with van der Waals surface area (Å²) in [6, 6.07) is 27.0. The molecule has 7 rings (SSSR count). The predicted octanol–water partition coefficient (Wildman–Crippen LogP) is 7.34. The van der Waals surface area contributed by atoms with E-state index in [1.165, 1.54) is 5.56 Å². The Bertz CT molecular complexity index is 1400. The Labute approximate surface area is 226 Å². The van der Waals surface area contributed by atoms with Crippen LogP contribution < -0.4 is 0 Å². The van der Waals surface area contributed by atoms with Gasteiger partial charge in [-0.3, -0.25) is 14.8 Å². The van der Waals surface area contributed by atoms with E-state index in [-0.39, 0.29) is 16.8 Å². The fourth-order valence-electron chi connectivity index (χ4n) is 5.40. The molecule has 0 radical (unpaired) electrons. The van der Waals surface area contributed by atoms with E-state index in [0.717, 1.165) is 48.7 Å². The second-order valence-corrected chi connectivity index (χ2v) is 10.9. The topological polar surface area (TPSA) is 55.4 Å². The van der Waals surface area contributed by atoms with Gasteiger partial charge in [-0.2, -0.15) is 0 Å². The Hall–Kier alpha value is -3.05. The molecule has 2 saturated carbocycles. The van der Waals surface area contributed by atoms with Crippen LogP contribution in [0.15, 0.2) is 97.3 Å². The average molecular weight is 529 g/mol. The largest absolute Gasteiger partial charge is 0.363 e. The molecular formula is C31H26Cl2N2O2. The minimum atomic E-state index is -0.394. The molecule has 0 spiro atoms. The lowest BCUT2D eigenvalue weighted by Crippen LogP contribution is -2.28. The number of ketones is 1. The van der Waals surface area contributed by atoms with Crippen molar-refractivity contribution in [2.45, 2.75) is 42.1 Å². The number of aromatic nitrogens is 2. The number of carbonyl (C=O) groups excluding carboxylic acids is 1. The van der Waals surface area contributed by atoms with Crippen LogP contribution in [0.4, 0.5) is 0 Å². The van der Waals surface area contributed by atoms with Gasteiger partial charge in [0.2, 0.25) is 0 Å². The first-order valence-corrected chi connectivity index (χ1v) is 13.3. The maximum absolute atomic E-state index is 12.6. The maximum Gasteiger partial charge on any atom is 0.174 e. The minimum Gasteiger partial charge on any atom is -0.363 e. The lowest BCUT2D eigenvalue weighted by Gasteiger charge is -2.23. The van der Waals surface area contributed by atoms with Crippen LogP contribution >= 0.6 is 23.2 Å². The molecular weight excluding hydrogens is 503 g/mol. The van der Waals surface area contributed by atoms with Crippen molar-refractivity contribution in [1.29, 1.82) is 0 Å². The molecule has 3 aliphatic rings. The summed E-state index contributed by atoms with van der Waals surface area (Å²) in [7, 11) is 0. The predicted molar refractivity (Wildman–Crippen MR) is 145 cm³/mol. The Morgan fingerprint density at radius 1 is 0.703 bits per heavy atom. The van der Waals surface area contributed by atoms with E-state index < -0.39 is 5.41 Å². The van der Waals surface area contributed by atoms with Gasteiger partial charge in [-0.15, -0.1) is 0 Å². The molecule has 4 aromatic rings. The number of epoxide rings is 1. The van der Waals surface area contributed by atoms with E-state index in [1.54, 1.807) is 30.5 Å². The van der Waals surface area contributed by atoms with Crippen LogP contribution in [0.5, 0.6) is 0 Å². The highest BCUT2D eigenvalue weighted by Gasteiger charge is 2.69. The van der Waals surface area contributed by atoms with Crippen molar-refractivity contribution >= 4 is 29.0 Å². The fraction of sp³-hybridized carbons (Fsp3) is 0.258. The number of ether oxygens (including phenoxy) is 1. The summed E-state index contributed by atoms with van der Waals surface area (Å²) in [5.74, 6) is 0.151. The summed E-state index contributed by atoms with van der Waals surface area (Å²) >= 11 is 11.8. The van der Waals surface area contributed by atoms with Gasteiger partial charge in [0.1, 0.15) is 5.60 Å². The molecule has 1 unspecified atom stereocenters. The van der Waals surface area contributed by atoms with E-state index in [2.05, 4.69) is 34.2 Å². The quantitative estimate of drug-likeness (QED) is 0.194. The molecule has 186 valence electrons. The Balaban J connectivity index is 0.000000136. The van der Waals surface area contributed by atoms with Crippen LogP contribution in [-0.4, -0.2) is 22.4 Å². The number of Topliss-reactive ketones (excluding diaryl/α,β-unsaturated/α-hetero) is 1. The monoisotopic (exact) mass is 528 g/mol. The Morgan fingerprint density at radius 2 is 1.24 bits per heavy atom. The van der Waals surface area contributed by atoms with Crippen LogP contribution in [-0.2, 0) is 21.2 Å². The minimum absolute atomic E-state index is 0.0715. The molecule has 1 atom stereocenters. The molecule has 37 heavy (non-hydrogen) atoms. The summed E-state index contributed by atoms with van der Waals surface area (Å²) in [6.45, 7) is 0.783. The first-order chi connectivity index (χ1) is 18.0. The smallest absolute Gasteiger partial charge is 0.174 e. The van der Waals surface area contributed by atoms with Gasteiger partial charge in [0.15, 0.2) is 5.78 Å². The molecule has 6 heteroatoms. The van der Waals surface area contributed by atoms with Crippen molar-refractivity contribution in [2.75, 3.05) is 6.61 Å². The van der Waals surface area contributed by atoms with Crippen molar-refractivity contribution in [3.63, 3.8) is 0 Å². The third-order valence-electron chi connectivity index (χ3n) is 7.87. The first kappa shape index (κ1) is 24.3. The number of nitrogens with zero attached hydrogens (tertiary/aromatic N) is 2. The van der Waals surface area contributed by atoms with Crippen LogP contribution in [0.3, 0.4) is 0 Å². The maximum atomic E-state index is 12.6. The first-order valence-electron chi connectivity index (χ1n) is 12.5. The SMILES string of the molecule is Clc1ccc(C2(C3(c4ccccn4)CC3)CO2)cc1.O=C(c1ccc(Cl)cc1)C1(c2ccccn2)CC1. The van der Waals surface area contributed by atoms with E-state index >= 15 is 0 Å². The van der Waals surface area contributed by atoms with Crippen LogP contribution in [0, 0.1) is 0 Å². The highest BCUT2D eigenvalue weighted by molar-refractivity contribution is 6.31. The van der Waals surface area contributed by atoms with E-state index in [9.17, 15) is 4.79 Å². The van der Waals surface area contributed by atoms with Crippen molar-refractivity contribution in [2.24, 2.45) is 0 Å². The van der Waals surface area contributed by atoms with Crippen molar-refractivity contribution in [3.8, 4) is 0 Å². The molecule has 2 aromatic heterocycles. The molecule has 3 fully saturated rings. The van der Waals surface area contributed by atoms with E-state index in [0.29, 0.717) is 10.6 Å². The Kier molecular flexibility index (Phi) is 6.15. The zero-order valence-electron chi connectivity index (χ0n) is 20.2. The zero-order chi connectivity index (χ0) is 25.5. The number of hydrogen-bond acceptors (Lipinski definition) is 4. The van der Waals surface area contributed by atoms with Gasteiger partial charge >= 0.3 is 0 Å². The summed E-state index contributed by atoms with van der Waals surface area (Å²) in [4.78, 5) is 21.4. The van der Waals surface area contributed by atoms with Gasteiger partial charge in [-0.05, 0) is 91.9 Å². The molecule has 4 nitrogen and oxygen atoms in total. The van der Waals surface area contributed by atoms with Gasteiger partial charge in [-0.1, -0.05) is 47.5 Å². The molecule has 2 aromatic carbocycles. The average Bonchev–Trinajstić information content (AvgIpc) is 3.82. The zero-order valence-corrected chi connectivity index (χ0v) is 21.8. The molecule has 0 N–H and O–H groups in total. The van der Waals surface area contributed by atoms with Gasteiger partial charge in [0, 0.05) is 39.1 Å². The van der Waals surface area contributed by atoms with Gasteiger partial charge in [0.05, 0.1) is 17.7 Å². The number of carbonyl (C=O) groups is 1. The second-order valence-electron chi connectivity index (χ2n) is 10.1. The lowest BCUT2D eigenvalue weighted by atomic mass is 9.81. The van der Waals surface area contributed by atoms with Gasteiger partial charge in [-0.25, -0.2) is 0 Å². The molecule has 0 amide bonds. The van der Waals surface area contributed by atoms with E-state index in [4.69, 9.17) is 27.9 Å². The number of hydrogen-bond donors (Lipinski definition) is 0. The van der Waals surface area contributed by atoms with Crippen LogP contribution in [0.2, 0.25) is 10.0 Å². The molecule has 1 aliphatic heterocycles. The van der Waals surface area contributed by atoms with Crippen LogP contribution in [0.1, 0.15) is 53.0 Å². The van der Waals surface area contributed by atoms with Gasteiger partial charge < -0.3 is 4.74 Å².